The maximum absolute atomic E-state index is 12.1. The van der Waals surface area contributed by atoms with Gasteiger partial charge in [0.15, 0.2) is 0 Å². The maximum atomic E-state index is 12.1. The number of fused-ring (bicyclic) bond motifs is 1. The summed E-state index contributed by atoms with van der Waals surface area (Å²) in [6.07, 6.45) is 0.928. The summed E-state index contributed by atoms with van der Waals surface area (Å²) in [5.41, 5.74) is 3.34. The number of carbonyl (C=O) groups is 2. The highest BCUT2D eigenvalue weighted by Gasteiger charge is 2.29. The number of benzene rings is 3. The number of esters is 1. The largest absolute Gasteiger partial charge is 0.506 e. The van der Waals surface area contributed by atoms with E-state index in [1.165, 1.54) is 4.31 Å². The Balaban J connectivity index is 1.64. The lowest BCUT2D eigenvalue weighted by Crippen LogP contribution is -2.22. The Morgan fingerprint density at radius 1 is 1.13 bits per heavy atom. The van der Waals surface area contributed by atoms with Gasteiger partial charge in [0.1, 0.15) is 12.3 Å². The lowest BCUT2D eigenvalue weighted by Gasteiger charge is -2.16. The van der Waals surface area contributed by atoms with Crippen molar-refractivity contribution in [2.75, 3.05) is 17.5 Å². The van der Waals surface area contributed by atoms with E-state index in [0.29, 0.717) is 25.1 Å². The van der Waals surface area contributed by atoms with Crippen LogP contribution < -0.4 is 9.03 Å². The molecular weight excluding hydrogens is 416 g/mol. The second-order valence-corrected chi connectivity index (χ2v) is 8.36. The molecule has 0 saturated carbocycles. The number of ether oxygens (including phenoxy) is 1. The summed E-state index contributed by atoms with van der Waals surface area (Å²) in [6.45, 7) is 2.09. The standard InChI is InChI=1S/C23H22N2O5S/c1-2-30-23(28)9-6-15-4-3-5-16(10-15)17-7-8-18-13-21(26)20(12-19(18)11-17)25-14-22(27)24-31(25)29/h3-5,7-8,10-13,26H,2,6,9,14H2,1H3,(H,24,27). The van der Waals surface area contributed by atoms with Gasteiger partial charge in [0.05, 0.1) is 12.3 Å². The van der Waals surface area contributed by atoms with Crippen LogP contribution in [0.1, 0.15) is 18.9 Å². The highest BCUT2D eigenvalue weighted by Crippen LogP contribution is 2.35. The number of anilines is 1. The minimum atomic E-state index is -1.71. The first-order valence-electron chi connectivity index (χ1n) is 9.95. The van der Waals surface area contributed by atoms with Crippen LogP contribution in [-0.2, 0) is 31.9 Å². The van der Waals surface area contributed by atoms with Crippen molar-refractivity contribution in [1.82, 2.24) is 4.72 Å². The Morgan fingerprint density at radius 2 is 1.94 bits per heavy atom. The van der Waals surface area contributed by atoms with Gasteiger partial charge in [-0.1, -0.05) is 36.4 Å². The van der Waals surface area contributed by atoms with Crippen molar-refractivity contribution < 1.29 is 23.6 Å². The van der Waals surface area contributed by atoms with Gasteiger partial charge in [-0.05, 0) is 59.0 Å². The van der Waals surface area contributed by atoms with E-state index in [1.807, 2.05) is 42.5 Å². The molecule has 3 aromatic carbocycles. The minimum Gasteiger partial charge on any atom is -0.506 e. The zero-order chi connectivity index (χ0) is 22.0. The Morgan fingerprint density at radius 3 is 2.68 bits per heavy atom. The number of rotatable bonds is 6. The highest BCUT2D eigenvalue weighted by molar-refractivity contribution is 7.85. The van der Waals surface area contributed by atoms with Crippen LogP contribution in [0.5, 0.6) is 5.75 Å². The molecule has 1 atom stereocenters. The average molecular weight is 439 g/mol. The molecule has 31 heavy (non-hydrogen) atoms. The molecule has 0 aliphatic carbocycles. The minimum absolute atomic E-state index is 0.0361. The van der Waals surface area contributed by atoms with Gasteiger partial charge < -0.3 is 9.84 Å². The topological polar surface area (TPSA) is 95.9 Å². The summed E-state index contributed by atoms with van der Waals surface area (Å²) in [4.78, 5) is 23.2. The summed E-state index contributed by atoms with van der Waals surface area (Å²) >= 11 is -1.71. The number of nitrogens with one attached hydrogen (secondary N) is 1. The molecule has 3 aromatic rings. The Kier molecular flexibility index (Phi) is 5.90. The van der Waals surface area contributed by atoms with Gasteiger partial charge in [0.2, 0.25) is 11.2 Å². The summed E-state index contributed by atoms with van der Waals surface area (Å²) in [5.74, 6) is -0.601. The SMILES string of the molecule is CCOC(=O)CCc1cccc(-c2ccc3cc(O)c(N4CC(=O)NS4=O)cc3c2)c1. The number of phenols is 1. The predicted molar refractivity (Wildman–Crippen MR) is 120 cm³/mol. The van der Waals surface area contributed by atoms with E-state index in [2.05, 4.69) is 4.72 Å². The predicted octanol–water partition coefficient (Wildman–Crippen LogP) is 3.22. The summed E-state index contributed by atoms with van der Waals surface area (Å²) in [6, 6.07) is 17.2. The molecule has 2 N–H and O–H groups in total. The van der Waals surface area contributed by atoms with E-state index in [0.717, 1.165) is 27.5 Å². The fraction of sp³-hybridized carbons (Fsp3) is 0.217. The molecule has 4 rings (SSSR count). The van der Waals surface area contributed by atoms with Crippen LogP contribution in [0.15, 0.2) is 54.6 Å². The third kappa shape index (κ3) is 4.54. The van der Waals surface area contributed by atoms with E-state index in [4.69, 9.17) is 4.74 Å². The Labute approximate surface area is 182 Å². The molecule has 1 aliphatic rings. The quantitative estimate of drug-likeness (QED) is 0.576. The van der Waals surface area contributed by atoms with Crippen LogP contribution in [-0.4, -0.2) is 34.3 Å². The van der Waals surface area contributed by atoms with Crippen LogP contribution in [0.4, 0.5) is 5.69 Å². The third-order valence-electron chi connectivity index (χ3n) is 5.07. The molecule has 1 unspecified atom stereocenters. The van der Waals surface area contributed by atoms with E-state index in [1.54, 1.807) is 19.1 Å². The van der Waals surface area contributed by atoms with E-state index in [9.17, 15) is 18.9 Å². The van der Waals surface area contributed by atoms with Gasteiger partial charge in [0, 0.05) is 6.42 Å². The number of amides is 1. The number of phenolic OH excluding ortho intramolecular Hbond substituents is 1. The van der Waals surface area contributed by atoms with E-state index in [-0.39, 0.29) is 24.2 Å². The lowest BCUT2D eigenvalue weighted by molar-refractivity contribution is -0.143. The molecule has 1 saturated heterocycles. The lowest BCUT2D eigenvalue weighted by atomic mass is 9.98. The molecule has 1 fully saturated rings. The van der Waals surface area contributed by atoms with Crippen molar-refractivity contribution in [3.05, 3.63) is 60.2 Å². The average Bonchev–Trinajstić information content (AvgIpc) is 3.09. The monoisotopic (exact) mass is 438 g/mol. The van der Waals surface area contributed by atoms with Crippen molar-refractivity contribution in [2.45, 2.75) is 19.8 Å². The van der Waals surface area contributed by atoms with E-state index < -0.39 is 11.2 Å². The molecule has 8 heteroatoms. The van der Waals surface area contributed by atoms with Gasteiger partial charge in [-0.3, -0.25) is 18.6 Å². The second-order valence-electron chi connectivity index (χ2n) is 7.22. The Hall–Kier alpha value is -3.39. The zero-order valence-corrected chi connectivity index (χ0v) is 17.8. The van der Waals surface area contributed by atoms with Crippen molar-refractivity contribution in [2.24, 2.45) is 0 Å². The highest BCUT2D eigenvalue weighted by atomic mass is 32.2. The molecule has 1 aliphatic heterocycles. The maximum Gasteiger partial charge on any atom is 0.306 e. The van der Waals surface area contributed by atoms with Gasteiger partial charge in [-0.25, -0.2) is 4.21 Å². The van der Waals surface area contributed by atoms with Crippen molar-refractivity contribution in [3.8, 4) is 16.9 Å². The van der Waals surface area contributed by atoms with Crippen molar-refractivity contribution in [1.29, 1.82) is 0 Å². The number of hydrogen-bond acceptors (Lipinski definition) is 5. The second kappa shape index (κ2) is 8.77. The summed E-state index contributed by atoms with van der Waals surface area (Å²) < 4.78 is 20.8. The first-order valence-corrected chi connectivity index (χ1v) is 11.1. The number of hydrogen-bond donors (Lipinski definition) is 2. The van der Waals surface area contributed by atoms with Crippen LogP contribution in [0, 0.1) is 0 Å². The first kappa shape index (κ1) is 20.9. The van der Waals surface area contributed by atoms with Crippen LogP contribution in [0.25, 0.3) is 21.9 Å². The molecule has 1 heterocycles. The number of carbonyl (C=O) groups excluding carboxylic acids is 2. The first-order chi connectivity index (χ1) is 14.9. The van der Waals surface area contributed by atoms with Gasteiger partial charge in [-0.2, -0.15) is 0 Å². The van der Waals surface area contributed by atoms with Gasteiger partial charge in [0.25, 0.3) is 5.91 Å². The molecule has 0 radical (unpaired) electrons. The molecule has 7 nitrogen and oxygen atoms in total. The Bertz CT molecular complexity index is 1190. The summed E-state index contributed by atoms with van der Waals surface area (Å²) in [5, 5.41) is 12.1. The number of aromatic hydroxyl groups is 1. The van der Waals surface area contributed by atoms with Gasteiger partial charge >= 0.3 is 5.97 Å². The normalized spacial score (nSPS) is 15.8. The molecule has 0 spiro atoms. The third-order valence-corrected chi connectivity index (χ3v) is 6.20. The molecule has 0 bridgehead atoms. The van der Waals surface area contributed by atoms with Gasteiger partial charge in [-0.15, -0.1) is 0 Å². The van der Waals surface area contributed by atoms with Crippen molar-refractivity contribution >= 4 is 39.5 Å². The molecule has 0 aromatic heterocycles. The van der Waals surface area contributed by atoms with Crippen LogP contribution in [0.3, 0.4) is 0 Å². The number of aryl methyl sites for hydroxylation is 1. The van der Waals surface area contributed by atoms with Crippen molar-refractivity contribution in [3.63, 3.8) is 0 Å². The fourth-order valence-corrected chi connectivity index (χ4v) is 4.52. The summed E-state index contributed by atoms with van der Waals surface area (Å²) in [7, 11) is 0. The van der Waals surface area contributed by atoms with Crippen LogP contribution >= 0.6 is 0 Å². The zero-order valence-electron chi connectivity index (χ0n) is 17.0. The smallest absolute Gasteiger partial charge is 0.306 e. The molecule has 1 amide bonds. The molecular formula is C23H22N2O5S. The number of nitrogens with zero attached hydrogens (tertiary/aromatic N) is 1. The van der Waals surface area contributed by atoms with E-state index >= 15 is 0 Å². The molecule has 160 valence electrons. The van der Waals surface area contributed by atoms with Crippen LogP contribution in [0.2, 0.25) is 0 Å². The fourth-order valence-electron chi connectivity index (χ4n) is 3.59.